The number of benzene rings is 2. The van der Waals surface area contributed by atoms with Gasteiger partial charge in [0.05, 0.1) is 23.5 Å². The summed E-state index contributed by atoms with van der Waals surface area (Å²) in [7, 11) is 0. The number of nitrogens with zero attached hydrogens (tertiary/aromatic N) is 5. The molecule has 228 valence electrons. The minimum absolute atomic E-state index is 0.0151. The van der Waals surface area contributed by atoms with Crippen LogP contribution >= 0.6 is 0 Å². The van der Waals surface area contributed by atoms with Gasteiger partial charge in [-0.15, -0.1) is 0 Å². The average molecular weight is 597 g/mol. The highest BCUT2D eigenvalue weighted by Crippen LogP contribution is 2.46. The predicted molar refractivity (Wildman–Crippen MR) is 163 cm³/mol. The van der Waals surface area contributed by atoms with Crippen molar-refractivity contribution < 1.29 is 14.4 Å². The molecular formula is C33H36N6O5. The third-order valence-electron chi connectivity index (χ3n) is 9.21. The smallest absolute Gasteiger partial charge is 0.388 e. The highest BCUT2D eigenvalue weighted by atomic mass is 16.5. The summed E-state index contributed by atoms with van der Waals surface area (Å²) in [5.74, 6) is 0.357. The molecule has 1 saturated heterocycles. The van der Waals surface area contributed by atoms with Gasteiger partial charge in [0.1, 0.15) is 6.33 Å². The summed E-state index contributed by atoms with van der Waals surface area (Å²) in [6.45, 7) is 4.29. The molecule has 2 aromatic carbocycles. The minimum Gasteiger partial charge on any atom is -0.388 e. The van der Waals surface area contributed by atoms with E-state index in [4.69, 9.17) is 9.26 Å². The maximum atomic E-state index is 14.4. The number of hydrogen-bond donors (Lipinski definition) is 2. The van der Waals surface area contributed by atoms with Gasteiger partial charge in [-0.05, 0) is 55.7 Å². The SMILES string of the molecule is CCCc1c(Cc2ccc(-c3ccccc3-c3noc(=O)[nH]3)cc2)c(=O)n([C@H]2CC[C@]3(CC2)CC(C)(O)CO3)c2ncnn12. The molecule has 44 heavy (non-hydrogen) atoms. The van der Waals surface area contributed by atoms with Crippen LogP contribution in [0.5, 0.6) is 0 Å². The molecule has 11 heteroatoms. The van der Waals surface area contributed by atoms with Crippen LogP contribution in [-0.2, 0) is 17.6 Å². The van der Waals surface area contributed by atoms with Gasteiger partial charge in [0.2, 0.25) is 5.78 Å². The molecule has 3 aromatic heterocycles. The predicted octanol–water partition coefficient (Wildman–Crippen LogP) is 4.47. The Morgan fingerprint density at radius 2 is 1.82 bits per heavy atom. The summed E-state index contributed by atoms with van der Waals surface area (Å²) in [4.78, 5) is 33.1. The van der Waals surface area contributed by atoms with Crippen molar-refractivity contribution in [1.29, 1.82) is 0 Å². The molecular weight excluding hydrogens is 560 g/mol. The Morgan fingerprint density at radius 1 is 1.07 bits per heavy atom. The Bertz CT molecular complexity index is 1920. The largest absolute Gasteiger partial charge is 0.439 e. The molecule has 1 aliphatic carbocycles. The summed E-state index contributed by atoms with van der Waals surface area (Å²) in [6.07, 6.45) is 7.33. The maximum absolute atomic E-state index is 14.4. The third kappa shape index (κ3) is 5.09. The molecule has 4 heterocycles. The zero-order valence-electron chi connectivity index (χ0n) is 25.0. The van der Waals surface area contributed by atoms with Crippen LogP contribution in [-0.4, -0.2) is 52.2 Å². The molecule has 5 aromatic rings. The lowest BCUT2D eigenvalue weighted by molar-refractivity contribution is -0.0371. The first-order valence-electron chi connectivity index (χ1n) is 15.3. The number of aliphatic hydroxyl groups is 1. The first-order chi connectivity index (χ1) is 21.3. The summed E-state index contributed by atoms with van der Waals surface area (Å²) in [5, 5.41) is 19.0. The van der Waals surface area contributed by atoms with Crippen molar-refractivity contribution in [2.45, 2.75) is 82.5 Å². The van der Waals surface area contributed by atoms with Crippen molar-refractivity contribution in [3.05, 3.63) is 92.6 Å². The molecule has 1 saturated carbocycles. The van der Waals surface area contributed by atoms with Crippen LogP contribution in [0, 0.1) is 0 Å². The van der Waals surface area contributed by atoms with Crippen LogP contribution in [0.3, 0.4) is 0 Å². The maximum Gasteiger partial charge on any atom is 0.439 e. The van der Waals surface area contributed by atoms with Crippen LogP contribution in [0.25, 0.3) is 28.3 Å². The molecule has 0 bridgehead atoms. The van der Waals surface area contributed by atoms with Gasteiger partial charge in [0, 0.05) is 30.0 Å². The van der Waals surface area contributed by atoms with Crippen molar-refractivity contribution in [2.24, 2.45) is 0 Å². The molecule has 1 unspecified atom stereocenters. The van der Waals surface area contributed by atoms with Gasteiger partial charge in [0.15, 0.2) is 5.82 Å². The van der Waals surface area contributed by atoms with Gasteiger partial charge in [-0.3, -0.25) is 18.9 Å². The first kappa shape index (κ1) is 28.4. The molecule has 0 amide bonds. The summed E-state index contributed by atoms with van der Waals surface area (Å²) in [6, 6.07) is 15.8. The topological polar surface area (TPSA) is 141 Å². The van der Waals surface area contributed by atoms with Crippen molar-refractivity contribution >= 4 is 5.78 Å². The number of rotatable bonds is 7. The van der Waals surface area contributed by atoms with Crippen LogP contribution in [0.4, 0.5) is 0 Å². The van der Waals surface area contributed by atoms with Crippen LogP contribution in [0.15, 0.2) is 69.0 Å². The minimum atomic E-state index is -0.800. The Labute approximate surface area is 253 Å². The lowest BCUT2D eigenvalue weighted by Crippen LogP contribution is -2.39. The van der Waals surface area contributed by atoms with Gasteiger partial charge in [-0.2, -0.15) is 10.1 Å². The number of fused-ring (bicyclic) bond motifs is 1. The zero-order valence-corrected chi connectivity index (χ0v) is 25.0. The number of aromatic amines is 1. The third-order valence-corrected chi connectivity index (χ3v) is 9.21. The van der Waals surface area contributed by atoms with Gasteiger partial charge < -0.3 is 9.84 Å². The van der Waals surface area contributed by atoms with E-state index in [-0.39, 0.29) is 17.2 Å². The Balaban J connectivity index is 1.22. The van der Waals surface area contributed by atoms with E-state index in [0.29, 0.717) is 37.5 Å². The fraction of sp³-hybridized carbons (Fsp3) is 0.424. The van der Waals surface area contributed by atoms with E-state index in [1.54, 1.807) is 0 Å². The molecule has 2 N–H and O–H groups in total. The lowest BCUT2D eigenvalue weighted by Gasteiger charge is -2.37. The van der Waals surface area contributed by atoms with Gasteiger partial charge in [-0.1, -0.05) is 67.0 Å². The molecule has 1 aliphatic heterocycles. The van der Waals surface area contributed by atoms with E-state index in [0.717, 1.165) is 65.6 Å². The van der Waals surface area contributed by atoms with E-state index in [1.165, 1.54) is 6.33 Å². The first-order valence-corrected chi connectivity index (χ1v) is 15.3. The standard InChI is InChI=1S/C33H36N6O5/c1-3-6-27-26(17-21-9-11-22(12-10-21)24-7-4-5-8-25(24)28-36-31(41)44-37-28)29(40)38(30-34-20-35-39(27)30)23-13-15-33(16-14-23)18-32(2,42)19-43-33/h4-5,7-12,20,23,42H,3,6,13-19H2,1-2H3,(H,36,37,41)/t23-,32?,33-. The van der Waals surface area contributed by atoms with Gasteiger partial charge >= 0.3 is 5.76 Å². The fourth-order valence-electron chi connectivity index (χ4n) is 7.18. The number of nitrogens with one attached hydrogen (secondary N) is 1. The Hall–Kier alpha value is -4.35. The van der Waals surface area contributed by atoms with E-state index >= 15 is 0 Å². The van der Waals surface area contributed by atoms with Crippen molar-refractivity contribution in [3.63, 3.8) is 0 Å². The van der Waals surface area contributed by atoms with E-state index in [9.17, 15) is 14.7 Å². The number of aromatic nitrogens is 6. The second-order valence-corrected chi connectivity index (χ2v) is 12.6. The van der Waals surface area contributed by atoms with Crippen molar-refractivity contribution in [3.8, 4) is 22.5 Å². The highest BCUT2D eigenvalue weighted by molar-refractivity contribution is 5.80. The summed E-state index contributed by atoms with van der Waals surface area (Å²) in [5.41, 5.74) is 4.13. The Kier molecular flexibility index (Phi) is 7.09. The second-order valence-electron chi connectivity index (χ2n) is 12.6. The normalized spacial score (nSPS) is 23.6. The molecule has 0 radical (unpaired) electrons. The number of H-pyrrole nitrogens is 1. The molecule has 1 atom stereocenters. The van der Waals surface area contributed by atoms with Crippen LogP contribution in [0.2, 0.25) is 0 Å². The Morgan fingerprint density at radius 3 is 2.48 bits per heavy atom. The number of hydrogen-bond acceptors (Lipinski definition) is 8. The van der Waals surface area contributed by atoms with E-state index in [1.807, 2.05) is 64.5 Å². The molecule has 2 fully saturated rings. The van der Waals surface area contributed by atoms with Gasteiger partial charge in [-0.25, -0.2) is 9.31 Å². The van der Waals surface area contributed by atoms with Crippen LogP contribution < -0.4 is 11.3 Å². The quantitative estimate of drug-likeness (QED) is 0.281. The van der Waals surface area contributed by atoms with E-state index < -0.39 is 11.4 Å². The summed E-state index contributed by atoms with van der Waals surface area (Å²) >= 11 is 0. The molecule has 1 spiro atoms. The van der Waals surface area contributed by atoms with Gasteiger partial charge in [0.25, 0.3) is 5.56 Å². The molecule has 11 nitrogen and oxygen atoms in total. The average Bonchev–Trinajstić information content (AvgIpc) is 3.75. The number of aryl methyl sites for hydroxylation is 1. The number of ether oxygens (including phenoxy) is 1. The molecule has 7 rings (SSSR count). The van der Waals surface area contributed by atoms with Crippen LogP contribution in [0.1, 0.15) is 75.2 Å². The monoisotopic (exact) mass is 596 g/mol. The van der Waals surface area contributed by atoms with E-state index in [2.05, 4.69) is 27.1 Å². The van der Waals surface area contributed by atoms with Crippen molar-refractivity contribution in [1.82, 2.24) is 29.3 Å². The fourth-order valence-corrected chi connectivity index (χ4v) is 7.18. The zero-order chi connectivity index (χ0) is 30.5. The highest BCUT2D eigenvalue weighted by Gasteiger charge is 2.48. The summed E-state index contributed by atoms with van der Waals surface area (Å²) < 4.78 is 14.5. The van der Waals surface area contributed by atoms with Crippen molar-refractivity contribution in [2.75, 3.05) is 6.61 Å². The lowest BCUT2D eigenvalue weighted by atomic mass is 9.78. The molecule has 2 aliphatic rings. The second kappa shape index (κ2) is 11.0.